The van der Waals surface area contributed by atoms with Gasteiger partial charge in [-0.15, -0.1) is 23.7 Å². The summed E-state index contributed by atoms with van der Waals surface area (Å²) in [6.45, 7) is 1.39. The maximum Gasteiger partial charge on any atom is 0.257 e. The van der Waals surface area contributed by atoms with Crippen molar-refractivity contribution in [2.45, 2.75) is 22.8 Å². The van der Waals surface area contributed by atoms with E-state index in [1.54, 1.807) is 18.3 Å². The summed E-state index contributed by atoms with van der Waals surface area (Å²) in [5.74, 6) is -0.192. The molecule has 2 heterocycles. The molecule has 0 bridgehead atoms. The van der Waals surface area contributed by atoms with Crippen LogP contribution in [0.2, 0.25) is 0 Å². The molecule has 0 spiro atoms. The van der Waals surface area contributed by atoms with E-state index in [1.807, 2.05) is 24.3 Å². The van der Waals surface area contributed by atoms with Crippen LogP contribution in [-0.4, -0.2) is 38.4 Å². The monoisotopic (exact) mass is 584 g/mol. The minimum atomic E-state index is -3.94. The van der Waals surface area contributed by atoms with Crippen molar-refractivity contribution in [3.63, 3.8) is 0 Å². The molecule has 4 aromatic rings. The first-order chi connectivity index (χ1) is 18.4. The van der Waals surface area contributed by atoms with Crippen molar-refractivity contribution in [2.24, 2.45) is 5.73 Å². The van der Waals surface area contributed by atoms with Gasteiger partial charge in [-0.2, -0.15) is 0 Å². The average molecular weight is 585 g/mol. The number of ether oxygens (including phenoxy) is 1. The van der Waals surface area contributed by atoms with Gasteiger partial charge in [0, 0.05) is 22.2 Å². The topological polar surface area (TPSA) is 140 Å². The van der Waals surface area contributed by atoms with Crippen LogP contribution < -0.4 is 21.1 Å². The first-order valence-corrected chi connectivity index (χ1v) is 14.1. The Hall–Kier alpha value is -3.77. The number of fused-ring (bicyclic) bond motifs is 2. The van der Waals surface area contributed by atoms with Crippen molar-refractivity contribution in [3.05, 3.63) is 88.9 Å². The van der Waals surface area contributed by atoms with E-state index in [0.717, 1.165) is 27.6 Å². The highest BCUT2D eigenvalue weighted by Crippen LogP contribution is 2.34. The second-order valence-corrected chi connectivity index (χ2v) is 11.5. The molecule has 5 rings (SSSR count). The van der Waals surface area contributed by atoms with Crippen molar-refractivity contribution >= 4 is 51.1 Å². The van der Waals surface area contributed by atoms with E-state index < -0.39 is 21.7 Å². The number of sulfone groups is 1. The van der Waals surface area contributed by atoms with E-state index in [-0.39, 0.29) is 45.6 Å². The van der Waals surface area contributed by atoms with Gasteiger partial charge < -0.3 is 21.1 Å². The van der Waals surface area contributed by atoms with Crippen molar-refractivity contribution in [3.8, 4) is 16.3 Å². The molecule has 9 nitrogen and oxygen atoms in total. The summed E-state index contributed by atoms with van der Waals surface area (Å²) < 4.78 is 31.9. The smallest absolute Gasteiger partial charge is 0.257 e. The predicted octanol–water partition coefficient (Wildman–Crippen LogP) is 4.29. The number of hydrogen-bond donors (Lipinski definition) is 3. The lowest BCUT2D eigenvalue weighted by atomic mass is 10.1. The summed E-state index contributed by atoms with van der Waals surface area (Å²) in [7, 11) is -3.94. The van der Waals surface area contributed by atoms with Gasteiger partial charge in [0.25, 0.3) is 11.8 Å². The largest absolute Gasteiger partial charge is 0.494 e. The van der Waals surface area contributed by atoms with Gasteiger partial charge in [0.1, 0.15) is 10.8 Å². The van der Waals surface area contributed by atoms with E-state index in [0.29, 0.717) is 13.2 Å². The molecule has 39 heavy (non-hydrogen) atoms. The molecule has 2 amide bonds. The quantitative estimate of drug-likeness (QED) is 0.262. The Morgan fingerprint density at radius 2 is 1.82 bits per heavy atom. The second-order valence-electron chi connectivity index (χ2n) is 8.49. The Balaban J connectivity index is 0.00000353. The third-order valence-corrected chi connectivity index (χ3v) is 8.81. The van der Waals surface area contributed by atoms with Crippen LogP contribution in [0.25, 0.3) is 10.6 Å². The summed E-state index contributed by atoms with van der Waals surface area (Å²) in [6.07, 6.45) is 2.49. The molecule has 0 saturated heterocycles. The molecule has 4 N–H and O–H groups in total. The minimum Gasteiger partial charge on any atom is -0.494 e. The summed E-state index contributed by atoms with van der Waals surface area (Å²) in [4.78, 5) is 30.7. The Kier molecular flexibility index (Phi) is 8.66. The van der Waals surface area contributed by atoms with Gasteiger partial charge in [0.2, 0.25) is 9.84 Å². The number of nitrogens with one attached hydrogen (secondary N) is 2. The van der Waals surface area contributed by atoms with Crippen molar-refractivity contribution in [1.82, 2.24) is 10.3 Å². The Bertz CT molecular complexity index is 1620. The number of halogens is 1. The van der Waals surface area contributed by atoms with Gasteiger partial charge in [-0.05, 0) is 67.6 Å². The maximum atomic E-state index is 13.1. The number of carbonyl (C=O) groups excluding carboxylic acids is 2. The van der Waals surface area contributed by atoms with Crippen LogP contribution in [-0.2, 0) is 16.4 Å². The number of carbonyl (C=O) groups is 2. The van der Waals surface area contributed by atoms with E-state index in [1.165, 1.54) is 41.7 Å². The van der Waals surface area contributed by atoms with E-state index in [2.05, 4.69) is 15.6 Å². The zero-order chi connectivity index (χ0) is 26.7. The fraction of sp³-hybridized carbons (Fsp3) is 0.148. The Morgan fingerprint density at radius 3 is 2.59 bits per heavy atom. The zero-order valence-corrected chi connectivity index (χ0v) is 23.0. The normalized spacial score (nSPS) is 13.2. The number of hydrogen-bond acceptors (Lipinski definition) is 8. The predicted molar refractivity (Wildman–Crippen MR) is 151 cm³/mol. The molecule has 0 fully saturated rings. The lowest BCUT2D eigenvalue weighted by Crippen LogP contribution is -2.22. The molecular weight excluding hydrogens is 560 g/mol. The number of nitrogens with two attached hydrogens (primary N) is 1. The molecule has 0 saturated carbocycles. The fourth-order valence-electron chi connectivity index (χ4n) is 3.96. The first-order valence-electron chi connectivity index (χ1n) is 11.8. The van der Waals surface area contributed by atoms with Crippen LogP contribution in [0.4, 0.5) is 5.69 Å². The fourth-order valence-corrected chi connectivity index (χ4v) is 6.41. The molecule has 202 valence electrons. The van der Waals surface area contributed by atoms with E-state index in [9.17, 15) is 18.0 Å². The van der Waals surface area contributed by atoms with Gasteiger partial charge >= 0.3 is 0 Å². The van der Waals surface area contributed by atoms with Crippen LogP contribution in [0.5, 0.6) is 5.75 Å². The number of amides is 2. The van der Waals surface area contributed by atoms with Crippen LogP contribution in [0.1, 0.15) is 32.0 Å². The van der Waals surface area contributed by atoms with Crippen LogP contribution >= 0.6 is 23.7 Å². The molecule has 3 aromatic carbocycles. The molecule has 1 aromatic heterocycles. The SMILES string of the molecule is Cl.NCCCOc1ccc(-c2ncc(CNC(=O)c3ccc4c(c3)NC(=O)c3ccccc3S4(=O)=O)s2)cc1. The van der Waals surface area contributed by atoms with Crippen molar-refractivity contribution < 1.29 is 22.7 Å². The molecular formula is C27H25ClN4O5S2. The molecule has 1 aliphatic heterocycles. The van der Waals surface area contributed by atoms with Crippen LogP contribution in [0.15, 0.2) is 82.7 Å². The zero-order valence-electron chi connectivity index (χ0n) is 20.5. The lowest BCUT2D eigenvalue weighted by molar-refractivity contribution is 0.0949. The van der Waals surface area contributed by atoms with Gasteiger partial charge in [0.15, 0.2) is 0 Å². The first kappa shape index (κ1) is 28.2. The Labute approximate surface area is 235 Å². The third-order valence-electron chi connectivity index (χ3n) is 5.90. The number of anilines is 1. The van der Waals surface area contributed by atoms with Crippen molar-refractivity contribution in [2.75, 3.05) is 18.5 Å². The third kappa shape index (κ3) is 5.96. The number of aromatic nitrogens is 1. The molecule has 0 radical (unpaired) electrons. The van der Waals surface area contributed by atoms with Crippen LogP contribution in [0.3, 0.4) is 0 Å². The number of nitrogens with zero attached hydrogens (tertiary/aromatic N) is 1. The molecule has 1 aliphatic rings. The van der Waals surface area contributed by atoms with Gasteiger partial charge in [-0.1, -0.05) is 12.1 Å². The van der Waals surface area contributed by atoms with E-state index >= 15 is 0 Å². The van der Waals surface area contributed by atoms with Crippen LogP contribution in [0, 0.1) is 0 Å². The molecule has 0 atom stereocenters. The molecule has 0 unspecified atom stereocenters. The second kappa shape index (κ2) is 12.0. The highest BCUT2D eigenvalue weighted by atomic mass is 35.5. The van der Waals surface area contributed by atoms with E-state index in [4.69, 9.17) is 10.5 Å². The number of rotatable bonds is 8. The Morgan fingerprint density at radius 1 is 1.05 bits per heavy atom. The lowest BCUT2D eigenvalue weighted by Gasteiger charge is -2.10. The number of benzene rings is 3. The average Bonchev–Trinajstić information content (AvgIpc) is 3.38. The minimum absolute atomic E-state index is 0. The molecule has 0 aliphatic carbocycles. The summed E-state index contributed by atoms with van der Waals surface area (Å²) in [5.41, 5.74) is 6.76. The van der Waals surface area contributed by atoms with Gasteiger partial charge in [-0.25, -0.2) is 13.4 Å². The highest BCUT2D eigenvalue weighted by Gasteiger charge is 2.31. The molecule has 12 heteroatoms. The highest BCUT2D eigenvalue weighted by molar-refractivity contribution is 7.91. The standard InChI is InChI=1S/C27H24N4O5S2.ClH/c28-12-3-13-36-19-9-6-17(7-10-19)27-30-16-20(37-27)15-29-25(32)18-8-11-24-22(14-18)31-26(33)21-4-1-2-5-23(21)38(24,34)35;/h1-2,4-11,14,16H,3,12-13,15,28H2,(H,29,32)(H,31,33);1H. The summed E-state index contributed by atoms with van der Waals surface area (Å²) >= 11 is 1.45. The summed E-state index contributed by atoms with van der Waals surface area (Å²) in [6, 6.07) is 17.8. The van der Waals surface area contributed by atoms with Gasteiger partial charge in [-0.3, -0.25) is 9.59 Å². The number of thiazole rings is 1. The maximum absolute atomic E-state index is 13.1. The van der Waals surface area contributed by atoms with Gasteiger partial charge in [0.05, 0.1) is 34.2 Å². The van der Waals surface area contributed by atoms with Crippen molar-refractivity contribution in [1.29, 1.82) is 0 Å². The summed E-state index contributed by atoms with van der Waals surface area (Å²) in [5, 5.41) is 6.26.